The van der Waals surface area contributed by atoms with Crippen molar-refractivity contribution in [1.82, 2.24) is 0 Å². The molecule has 0 aliphatic heterocycles. The smallest absolute Gasteiger partial charge is 0.544 e. The molecular formula is H2ClNaO3. The van der Waals surface area contributed by atoms with E-state index in [1.54, 1.807) is 0 Å². The van der Waals surface area contributed by atoms with Crippen molar-refractivity contribution in [2.75, 3.05) is 0 Å². The molecule has 2 N–H and O–H groups in total. The maximum absolute atomic E-state index is 8.24. The first-order chi connectivity index (χ1) is 1.41. The fourth-order valence-electron chi connectivity index (χ4n) is 0. The zero-order chi connectivity index (χ0) is 2.71. The summed E-state index contributed by atoms with van der Waals surface area (Å²) in [5.41, 5.74) is 0. The summed E-state index contributed by atoms with van der Waals surface area (Å²) in [4.78, 5) is 0. The molecule has 0 spiro atoms. The summed E-state index contributed by atoms with van der Waals surface area (Å²) in [6.45, 7) is 0. The Kier molecular flexibility index (Phi) is 62.7. The SMILES string of the molecule is O.[Na+].[O-][Cl+][O-]. The Bertz CT molecular complexity index is 6.85. The predicted octanol–water partition coefficient (Wildman–Crippen LogP) is -6.20. The van der Waals surface area contributed by atoms with Gasteiger partial charge in [-0.15, -0.1) is 0 Å². The van der Waals surface area contributed by atoms with E-state index < -0.39 is 11.3 Å². The van der Waals surface area contributed by atoms with Gasteiger partial charge in [0.15, 0.2) is 0 Å². The molecule has 3 nitrogen and oxygen atoms in total. The van der Waals surface area contributed by atoms with Crippen LogP contribution in [0.15, 0.2) is 0 Å². The van der Waals surface area contributed by atoms with E-state index in [0.717, 1.165) is 0 Å². The fourth-order valence-corrected chi connectivity index (χ4v) is 0. The molecular weight excluding hydrogens is 106 g/mol. The molecule has 0 unspecified atom stereocenters. The largest absolute Gasteiger partial charge is 1.00 e. The molecule has 0 aliphatic carbocycles. The molecule has 0 saturated carbocycles. The summed E-state index contributed by atoms with van der Waals surface area (Å²) in [6, 6.07) is 0. The predicted molar refractivity (Wildman–Crippen MR) is 3.61 cm³/mol. The van der Waals surface area contributed by atoms with Crippen molar-refractivity contribution in [2.24, 2.45) is 0 Å². The molecule has 0 atom stereocenters. The third-order valence-electron chi connectivity index (χ3n) is 0. The van der Waals surface area contributed by atoms with Crippen LogP contribution in [-0.4, -0.2) is 5.48 Å². The Balaban J connectivity index is -0.0000000200. The number of halogens is 1. The van der Waals surface area contributed by atoms with Crippen LogP contribution < -0.4 is 38.9 Å². The summed E-state index contributed by atoms with van der Waals surface area (Å²) in [6.07, 6.45) is 0. The van der Waals surface area contributed by atoms with Crippen molar-refractivity contribution in [3.05, 3.63) is 0 Å². The molecule has 0 heterocycles. The van der Waals surface area contributed by atoms with E-state index in [1.807, 2.05) is 0 Å². The first kappa shape index (κ1) is 16.4. The maximum Gasteiger partial charge on any atom is 1.00 e. The standard InChI is InChI=1S/ClO2.Na.H2O/c2-1-3;;/h;;1H2/q-1;+1;. The van der Waals surface area contributed by atoms with Crippen molar-refractivity contribution in [3.63, 3.8) is 0 Å². The third-order valence-corrected chi connectivity index (χ3v) is 0. The Morgan fingerprint density at radius 3 is 1.20 bits per heavy atom. The molecule has 28 valence electrons. The van der Waals surface area contributed by atoms with Crippen LogP contribution in [0.1, 0.15) is 0 Å². The van der Waals surface area contributed by atoms with E-state index in [4.69, 9.17) is 9.32 Å². The number of rotatable bonds is 0. The van der Waals surface area contributed by atoms with Crippen LogP contribution >= 0.6 is 0 Å². The molecule has 5 heavy (non-hydrogen) atoms. The van der Waals surface area contributed by atoms with Gasteiger partial charge in [-0.1, -0.05) is 0 Å². The zero-order valence-electron chi connectivity index (χ0n) is 2.69. The van der Waals surface area contributed by atoms with Crippen LogP contribution in [0.5, 0.6) is 0 Å². The van der Waals surface area contributed by atoms with Gasteiger partial charge in [0.25, 0.3) is 0 Å². The molecule has 0 saturated heterocycles. The van der Waals surface area contributed by atoms with Gasteiger partial charge in [-0.2, -0.15) is 0 Å². The Morgan fingerprint density at radius 2 is 1.20 bits per heavy atom. The van der Waals surface area contributed by atoms with Gasteiger partial charge >= 0.3 is 29.6 Å². The molecule has 5 heteroatoms. The van der Waals surface area contributed by atoms with Crippen LogP contribution in [0, 0.1) is 11.3 Å². The van der Waals surface area contributed by atoms with Gasteiger partial charge in [-0.3, -0.25) is 0 Å². The Labute approximate surface area is 55.7 Å². The average Bonchev–Trinajstić information content (AvgIpc) is 0.918. The molecule has 0 rings (SSSR count). The van der Waals surface area contributed by atoms with Crippen molar-refractivity contribution >= 4 is 0 Å². The first-order valence-electron chi connectivity index (χ1n) is 0.309. The third kappa shape index (κ3) is 38.0. The van der Waals surface area contributed by atoms with Crippen LogP contribution in [0.25, 0.3) is 0 Å². The molecule has 0 aromatic rings. The topological polar surface area (TPSA) is 77.6 Å². The van der Waals surface area contributed by atoms with Gasteiger partial charge in [0.1, 0.15) is 0 Å². The minimum atomic E-state index is -0.417. The minimum absolute atomic E-state index is 0. The summed E-state index contributed by atoms with van der Waals surface area (Å²) >= 11 is -0.417. The van der Waals surface area contributed by atoms with Crippen molar-refractivity contribution < 1.29 is 55.7 Å². The number of hydrogen-bond acceptors (Lipinski definition) is 2. The van der Waals surface area contributed by atoms with E-state index in [-0.39, 0.29) is 35.0 Å². The maximum atomic E-state index is 8.24. The van der Waals surface area contributed by atoms with E-state index >= 15 is 0 Å². The molecule has 0 aromatic carbocycles. The van der Waals surface area contributed by atoms with Gasteiger partial charge in [0.2, 0.25) is 0 Å². The molecule has 0 aromatic heterocycles. The summed E-state index contributed by atoms with van der Waals surface area (Å²) in [7, 11) is 0. The van der Waals surface area contributed by atoms with Crippen molar-refractivity contribution in [1.29, 1.82) is 0 Å². The van der Waals surface area contributed by atoms with Crippen LogP contribution in [-0.2, 0) is 0 Å². The normalized spacial score (nSPS) is 3.60. The van der Waals surface area contributed by atoms with Gasteiger partial charge in [0.05, 0.1) is 11.3 Å². The second kappa shape index (κ2) is 19.1. The Morgan fingerprint density at radius 1 is 1.20 bits per heavy atom. The van der Waals surface area contributed by atoms with E-state index in [0.29, 0.717) is 0 Å². The van der Waals surface area contributed by atoms with Gasteiger partial charge in [-0.05, 0) is 0 Å². The van der Waals surface area contributed by atoms with E-state index in [2.05, 4.69) is 0 Å². The summed E-state index contributed by atoms with van der Waals surface area (Å²) in [5.74, 6) is 0. The summed E-state index contributed by atoms with van der Waals surface area (Å²) < 4.78 is 16.5. The van der Waals surface area contributed by atoms with Gasteiger partial charge < -0.3 is 14.8 Å². The second-order valence-electron chi connectivity index (χ2n) is 0.0630. The van der Waals surface area contributed by atoms with Gasteiger partial charge in [0, 0.05) is 0 Å². The fraction of sp³-hybridized carbons (Fsp3) is 0. The first-order valence-corrected chi connectivity index (χ1v) is 0.926. The van der Waals surface area contributed by atoms with Crippen LogP contribution in [0.3, 0.4) is 0 Å². The minimum Gasteiger partial charge on any atom is -0.544 e. The van der Waals surface area contributed by atoms with Crippen molar-refractivity contribution in [3.8, 4) is 0 Å². The van der Waals surface area contributed by atoms with Gasteiger partial charge in [-0.25, -0.2) is 0 Å². The number of hydrogen-bond donors (Lipinski definition) is 0. The van der Waals surface area contributed by atoms with E-state index in [1.165, 1.54) is 0 Å². The average molecular weight is 108 g/mol. The van der Waals surface area contributed by atoms with Crippen LogP contribution in [0.2, 0.25) is 0 Å². The van der Waals surface area contributed by atoms with Crippen molar-refractivity contribution in [2.45, 2.75) is 0 Å². The molecule has 0 amide bonds. The molecule has 0 fully saturated rings. The van der Waals surface area contributed by atoms with E-state index in [9.17, 15) is 0 Å². The molecule has 0 radical (unpaired) electrons. The zero-order valence-corrected chi connectivity index (χ0v) is 5.45. The van der Waals surface area contributed by atoms with Crippen LogP contribution in [0.4, 0.5) is 0 Å². The quantitative estimate of drug-likeness (QED) is 0.290. The molecule has 0 aliphatic rings. The molecule has 0 bridgehead atoms. The Hall–Kier alpha value is 1.17. The monoisotopic (exact) mass is 108 g/mol. The second-order valence-corrected chi connectivity index (χ2v) is 0.189. The summed E-state index contributed by atoms with van der Waals surface area (Å²) in [5, 5.41) is 0.